The van der Waals surface area contributed by atoms with Crippen LogP contribution in [0.15, 0.2) is 36.9 Å². The van der Waals surface area contributed by atoms with Gasteiger partial charge in [-0.15, -0.1) is 11.6 Å². The molecule has 33 heavy (non-hydrogen) atoms. The van der Waals surface area contributed by atoms with Gasteiger partial charge in [0, 0.05) is 5.88 Å². The van der Waals surface area contributed by atoms with E-state index in [4.69, 9.17) is 51.1 Å². The number of imidazole rings is 2. The molecule has 4 heterocycles. The number of alkyl halides is 1. The quantitative estimate of drug-likeness (QED) is 0.116. The van der Waals surface area contributed by atoms with Crippen molar-refractivity contribution in [3.05, 3.63) is 52.6 Å². The zero-order valence-corrected chi connectivity index (χ0v) is 19.7. The lowest BCUT2D eigenvalue weighted by atomic mass is 10.3. The van der Waals surface area contributed by atoms with Gasteiger partial charge in [0.05, 0.1) is 24.9 Å². The number of aromatic amines is 2. The summed E-state index contributed by atoms with van der Waals surface area (Å²) in [6.45, 7) is 0.548. The van der Waals surface area contributed by atoms with Gasteiger partial charge in [0.2, 0.25) is 10.6 Å². The van der Waals surface area contributed by atoms with Crippen molar-refractivity contribution in [2.75, 3.05) is 17.8 Å². The third-order valence-corrected chi connectivity index (χ3v) is 5.03. The van der Waals surface area contributed by atoms with Crippen molar-refractivity contribution < 1.29 is 4.74 Å². The molecule has 4 aromatic heterocycles. The topological polar surface area (TPSA) is 130 Å². The van der Waals surface area contributed by atoms with E-state index in [2.05, 4.69) is 45.2 Å². The molecule has 0 aliphatic heterocycles. The highest BCUT2D eigenvalue weighted by atomic mass is 35.5. The number of fused-ring (bicyclic) bond motifs is 2. The molecule has 5 aromatic rings. The molecular formula is C19H15Cl4N9O. The lowest BCUT2D eigenvalue weighted by Gasteiger charge is -2.12. The van der Waals surface area contributed by atoms with E-state index in [9.17, 15) is 0 Å². The van der Waals surface area contributed by atoms with E-state index >= 15 is 0 Å². The van der Waals surface area contributed by atoms with E-state index in [1.807, 2.05) is 24.3 Å². The van der Waals surface area contributed by atoms with E-state index in [1.54, 1.807) is 6.33 Å². The van der Waals surface area contributed by atoms with Gasteiger partial charge >= 0.3 is 0 Å². The van der Waals surface area contributed by atoms with Crippen molar-refractivity contribution in [1.29, 1.82) is 0 Å². The maximum absolute atomic E-state index is 5.93. The Balaban J connectivity index is 0.000000196. The molecule has 0 unspecified atom stereocenters. The van der Waals surface area contributed by atoms with Gasteiger partial charge in [-0.25, -0.2) is 15.0 Å². The second-order valence-electron chi connectivity index (χ2n) is 6.34. The monoisotopic (exact) mass is 525 g/mol. The first-order valence-electron chi connectivity index (χ1n) is 9.48. The number of H-pyrrole nitrogens is 2. The number of rotatable bonds is 6. The van der Waals surface area contributed by atoms with Crippen LogP contribution in [0.5, 0.6) is 5.75 Å². The summed E-state index contributed by atoms with van der Waals surface area (Å²) in [5, 5.41) is 3.73. The number of nitrogens with one attached hydrogen (secondary N) is 3. The Morgan fingerprint density at radius 1 is 0.848 bits per heavy atom. The molecule has 0 saturated heterocycles. The molecule has 0 amide bonds. The molecule has 0 atom stereocenters. The van der Waals surface area contributed by atoms with Gasteiger partial charge in [0.1, 0.15) is 16.8 Å². The third kappa shape index (κ3) is 5.72. The van der Waals surface area contributed by atoms with E-state index in [-0.39, 0.29) is 15.7 Å². The highest BCUT2D eigenvalue weighted by Gasteiger charge is 2.11. The lowest BCUT2D eigenvalue weighted by Crippen LogP contribution is -2.02. The molecule has 14 heteroatoms. The molecule has 0 aliphatic carbocycles. The van der Waals surface area contributed by atoms with Crippen molar-refractivity contribution in [1.82, 2.24) is 39.9 Å². The van der Waals surface area contributed by atoms with Crippen LogP contribution in [-0.4, -0.2) is 52.4 Å². The minimum absolute atomic E-state index is 0.106. The average Bonchev–Trinajstić information content (AvgIpc) is 3.45. The highest BCUT2D eigenvalue weighted by Crippen LogP contribution is 2.29. The summed E-state index contributed by atoms with van der Waals surface area (Å²) in [6, 6.07) is 7.58. The Labute approximate surface area is 207 Å². The molecule has 0 spiro atoms. The number of ether oxygens (including phenoxy) is 1. The predicted molar refractivity (Wildman–Crippen MR) is 129 cm³/mol. The fraction of sp³-hybridized carbons (Fsp3) is 0.158. The molecule has 3 N–H and O–H groups in total. The summed E-state index contributed by atoms with van der Waals surface area (Å²) >= 11 is 22.8. The summed E-state index contributed by atoms with van der Waals surface area (Å²) in [5.41, 5.74) is 3.05. The first-order valence-corrected chi connectivity index (χ1v) is 11.2. The van der Waals surface area contributed by atoms with Crippen LogP contribution in [0.4, 0.5) is 11.5 Å². The van der Waals surface area contributed by atoms with Gasteiger partial charge in [-0.3, -0.25) is 0 Å². The summed E-state index contributed by atoms with van der Waals surface area (Å²) in [4.78, 5) is 29.5. The molecule has 1 aromatic carbocycles. The van der Waals surface area contributed by atoms with Crippen molar-refractivity contribution >= 4 is 80.2 Å². The molecule has 0 radical (unpaired) electrons. The first-order chi connectivity index (χ1) is 16.0. The average molecular weight is 527 g/mol. The van der Waals surface area contributed by atoms with Gasteiger partial charge < -0.3 is 20.0 Å². The fourth-order valence-corrected chi connectivity index (χ4v) is 3.43. The van der Waals surface area contributed by atoms with Crippen LogP contribution in [0.1, 0.15) is 6.42 Å². The standard InChI is InChI=1S/C14H13Cl2N5O.C5H2Cl2N4/c15-6-3-7-22-10-5-2-1-4-9(10)19-13-11-12(18-8-17-11)20-14(16)21-13;6-3-2-4(9-1-8-2)11-5(7)10-3/h1-2,4-5,8H,3,6-7H2,(H2,17,18,19,20,21);1H,(H,8,9,10,11). The van der Waals surface area contributed by atoms with E-state index in [1.165, 1.54) is 6.33 Å². The van der Waals surface area contributed by atoms with E-state index < -0.39 is 0 Å². The van der Waals surface area contributed by atoms with Crippen LogP contribution in [-0.2, 0) is 0 Å². The number of aromatic nitrogens is 8. The summed E-state index contributed by atoms with van der Waals surface area (Å²) in [6.07, 6.45) is 3.81. The Morgan fingerprint density at radius 3 is 2.27 bits per heavy atom. The van der Waals surface area contributed by atoms with Crippen molar-refractivity contribution in [3.8, 4) is 5.75 Å². The van der Waals surface area contributed by atoms with E-state index in [0.29, 0.717) is 40.6 Å². The zero-order valence-electron chi connectivity index (χ0n) is 16.7. The number of anilines is 2. The SMILES string of the molecule is ClCCCOc1ccccc1Nc1nc(Cl)nc2nc[nH]c12.Clc1nc(Cl)c2[nH]cnc2n1. The maximum atomic E-state index is 5.93. The number of para-hydroxylation sites is 2. The minimum Gasteiger partial charge on any atom is -0.491 e. The second kappa shape index (κ2) is 10.8. The molecule has 5 rings (SSSR count). The van der Waals surface area contributed by atoms with Crippen molar-refractivity contribution in [2.45, 2.75) is 6.42 Å². The second-order valence-corrected chi connectivity index (χ2v) is 7.75. The van der Waals surface area contributed by atoms with Crippen LogP contribution in [0.2, 0.25) is 15.7 Å². The smallest absolute Gasteiger partial charge is 0.226 e. The van der Waals surface area contributed by atoms with Crippen LogP contribution in [0, 0.1) is 0 Å². The first kappa shape index (κ1) is 23.2. The van der Waals surface area contributed by atoms with Crippen LogP contribution in [0.3, 0.4) is 0 Å². The van der Waals surface area contributed by atoms with Gasteiger partial charge in [0.15, 0.2) is 22.3 Å². The molecular weight excluding hydrogens is 512 g/mol. The van der Waals surface area contributed by atoms with Crippen LogP contribution < -0.4 is 10.1 Å². The predicted octanol–water partition coefficient (Wildman–Crippen LogP) is 5.42. The van der Waals surface area contributed by atoms with Crippen molar-refractivity contribution in [3.63, 3.8) is 0 Å². The Morgan fingerprint density at radius 2 is 1.52 bits per heavy atom. The van der Waals surface area contributed by atoms with E-state index in [0.717, 1.165) is 17.9 Å². The highest BCUT2D eigenvalue weighted by molar-refractivity contribution is 6.35. The largest absolute Gasteiger partial charge is 0.491 e. The molecule has 0 aliphatic rings. The molecule has 0 saturated carbocycles. The van der Waals surface area contributed by atoms with Gasteiger partial charge in [-0.05, 0) is 41.8 Å². The van der Waals surface area contributed by atoms with Crippen molar-refractivity contribution in [2.24, 2.45) is 0 Å². The molecule has 0 fully saturated rings. The minimum atomic E-state index is 0.106. The van der Waals surface area contributed by atoms with Gasteiger partial charge in [-0.1, -0.05) is 23.7 Å². The number of hydrogen-bond donors (Lipinski definition) is 3. The Kier molecular flexibility index (Phi) is 7.61. The fourth-order valence-electron chi connectivity index (χ4n) is 2.73. The lowest BCUT2D eigenvalue weighted by molar-refractivity contribution is 0.320. The summed E-state index contributed by atoms with van der Waals surface area (Å²) < 4.78 is 5.72. The van der Waals surface area contributed by atoms with Crippen LogP contribution >= 0.6 is 46.4 Å². The summed E-state index contributed by atoms with van der Waals surface area (Å²) in [5.74, 6) is 1.82. The zero-order chi connectivity index (χ0) is 23.2. The number of hydrogen-bond acceptors (Lipinski definition) is 8. The van der Waals surface area contributed by atoms with Gasteiger partial charge in [-0.2, -0.15) is 15.0 Å². The maximum Gasteiger partial charge on any atom is 0.226 e. The number of halogens is 4. The number of benzene rings is 1. The third-order valence-electron chi connectivity index (χ3n) is 4.15. The van der Waals surface area contributed by atoms with Gasteiger partial charge in [0.25, 0.3) is 0 Å². The summed E-state index contributed by atoms with van der Waals surface area (Å²) in [7, 11) is 0. The molecule has 0 bridgehead atoms. The van der Waals surface area contributed by atoms with Crippen LogP contribution in [0.25, 0.3) is 22.3 Å². The normalized spacial score (nSPS) is 10.8. The molecule has 170 valence electrons. The number of nitrogens with zero attached hydrogens (tertiary/aromatic N) is 6. The Hall–Kier alpha value is -2.92. The Bertz CT molecular complexity index is 1370. The molecule has 10 nitrogen and oxygen atoms in total.